The summed E-state index contributed by atoms with van der Waals surface area (Å²) in [7, 11) is -3.98. The van der Waals surface area contributed by atoms with E-state index < -0.39 is 9.84 Å². The van der Waals surface area contributed by atoms with Crippen molar-refractivity contribution in [1.82, 2.24) is 20.6 Å². The molecule has 0 aliphatic heterocycles. The van der Waals surface area contributed by atoms with Crippen LogP contribution < -0.4 is 10.6 Å². The molecule has 0 bridgehead atoms. The van der Waals surface area contributed by atoms with Gasteiger partial charge in [-0.15, -0.1) is 6.42 Å². The molecule has 2 aromatic rings. The number of sulfone groups is 1. The Morgan fingerprint density at radius 1 is 1.28 bits per heavy atom. The molecule has 1 aromatic carbocycles. The highest BCUT2D eigenvalue weighted by molar-refractivity contribution is 7.98. The van der Waals surface area contributed by atoms with E-state index in [1.807, 2.05) is 19.9 Å². The van der Waals surface area contributed by atoms with Crippen molar-refractivity contribution in [1.29, 1.82) is 5.26 Å². The molecule has 0 saturated carbocycles. The Labute approximate surface area is 175 Å². The van der Waals surface area contributed by atoms with Gasteiger partial charge in [0.2, 0.25) is 9.84 Å². The first-order valence-electron chi connectivity index (χ1n) is 8.84. The van der Waals surface area contributed by atoms with Gasteiger partial charge < -0.3 is 15.6 Å². The Balaban J connectivity index is 2.13. The van der Waals surface area contributed by atoms with Gasteiger partial charge in [0, 0.05) is 23.7 Å². The SMILES string of the molecule is C#CCNC(NCCSCc1[nH]cnc1C)=C(C#N)S(=O)(=O)c1ccc(C)cc1. The standard InChI is InChI=1S/C20H23N5O2S2/c1-4-9-22-20(23-10-11-28-13-18-16(3)24-14-25-18)19(12-21)29(26,27)17-7-5-15(2)6-8-17/h1,5-8,14,22-23H,9-11,13H2,2-3H3,(H,24,25). The average molecular weight is 430 g/mol. The molecule has 152 valence electrons. The normalized spacial score (nSPS) is 11.9. The number of aryl methyl sites for hydroxylation is 2. The van der Waals surface area contributed by atoms with Crippen LogP contribution in [0.1, 0.15) is 17.0 Å². The maximum Gasteiger partial charge on any atom is 0.220 e. The van der Waals surface area contributed by atoms with Gasteiger partial charge in [0.1, 0.15) is 11.9 Å². The number of terminal acetylenes is 1. The molecule has 0 saturated heterocycles. The fraction of sp³-hybridized carbons (Fsp3) is 0.300. The molecule has 0 radical (unpaired) electrons. The Hall–Kier alpha value is -2.88. The molecule has 1 heterocycles. The number of imidazole rings is 1. The van der Waals surface area contributed by atoms with Crippen LogP contribution in [0.15, 0.2) is 46.2 Å². The summed E-state index contributed by atoms with van der Waals surface area (Å²) < 4.78 is 25.9. The summed E-state index contributed by atoms with van der Waals surface area (Å²) in [6.45, 7) is 4.35. The van der Waals surface area contributed by atoms with Crippen LogP contribution in [0.2, 0.25) is 0 Å². The minimum Gasteiger partial charge on any atom is -0.369 e. The molecule has 0 atom stereocenters. The average Bonchev–Trinajstić information content (AvgIpc) is 3.10. The van der Waals surface area contributed by atoms with E-state index in [1.54, 1.807) is 30.2 Å². The second kappa shape index (κ2) is 10.6. The largest absolute Gasteiger partial charge is 0.369 e. The van der Waals surface area contributed by atoms with Crippen molar-refractivity contribution < 1.29 is 8.42 Å². The third kappa shape index (κ3) is 6.05. The topological polar surface area (TPSA) is 111 Å². The molecule has 29 heavy (non-hydrogen) atoms. The van der Waals surface area contributed by atoms with Crippen molar-refractivity contribution in [2.24, 2.45) is 0 Å². The van der Waals surface area contributed by atoms with Gasteiger partial charge in [-0.2, -0.15) is 17.0 Å². The van der Waals surface area contributed by atoms with Gasteiger partial charge in [0.05, 0.1) is 23.5 Å². The molecule has 2 rings (SSSR count). The second-order valence-electron chi connectivity index (χ2n) is 6.14. The van der Waals surface area contributed by atoms with Crippen LogP contribution in [0.25, 0.3) is 0 Å². The fourth-order valence-electron chi connectivity index (χ4n) is 2.41. The van der Waals surface area contributed by atoms with Crippen molar-refractivity contribution in [2.45, 2.75) is 24.5 Å². The molecule has 3 N–H and O–H groups in total. The van der Waals surface area contributed by atoms with Crippen LogP contribution in [0.3, 0.4) is 0 Å². The number of aromatic amines is 1. The van der Waals surface area contributed by atoms with Gasteiger partial charge in [-0.3, -0.25) is 0 Å². The molecule has 0 fully saturated rings. The van der Waals surface area contributed by atoms with Gasteiger partial charge in [-0.1, -0.05) is 23.6 Å². The van der Waals surface area contributed by atoms with Gasteiger partial charge in [-0.25, -0.2) is 13.4 Å². The Kier molecular flexibility index (Phi) is 8.20. The summed E-state index contributed by atoms with van der Waals surface area (Å²) in [6.07, 6.45) is 6.95. The highest BCUT2D eigenvalue weighted by Gasteiger charge is 2.25. The van der Waals surface area contributed by atoms with Crippen LogP contribution in [0.4, 0.5) is 0 Å². The van der Waals surface area contributed by atoms with E-state index in [4.69, 9.17) is 6.42 Å². The number of allylic oxidation sites excluding steroid dienone is 1. The molecular weight excluding hydrogens is 406 g/mol. The molecule has 9 heteroatoms. The lowest BCUT2D eigenvalue weighted by molar-refractivity contribution is 0.601. The van der Waals surface area contributed by atoms with Crippen molar-refractivity contribution in [3.8, 4) is 18.4 Å². The first-order chi connectivity index (χ1) is 13.9. The lowest BCUT2D eigenvalue weighted by Gasteiger charge is -2.14. The Morgan fingerprint density at radius 2 is 2.00 bits per heavy atom. The summed E-state index contributed by atoms with van der Waals surface area (Å²) in [5.74, 6) is 3.97. The summed E-state index contributed by atoms with van der Waals surface area (Å²) in [5, 5.41) is 15.4. The third-order valence-electron chi connectivity index (χ3n) is 4.02. The zero-order chi connectivity index (χ0) is 21.3. The second-order valence-corrected chi connectivity index (χ2v) is 9.13. The molecule has 1 aromatic heterocycles. The molecule has 0 aliphatic rings. The number of nitriles is 1. The van der Waals surface area contributed by atoms with E-state index in [2.05, 4.69) is 26.5 Å². The number of hydrogen-bond acceptors (Lipinski definition) is 7. The Morgan fingerprint density at radius 3 is 2.59 bits per heavy atom. The highest BCUT2D eigenvalue weighted by atomic mass is 32.2. The molecule has 0 spiro atoms. The number of thioether (sulfide) groups is 1. The van der Waals surface area contributed by atoms with Crippen molar-refractivity contribution in [2.75, 3.05) is 18.8 Å². The van der Waals surface area contributed by atoms with Crippen molar-refractivity contribution in [3.05, 3.63) is 58.3 Å². The van der Waals surface area contributed by atoms with Gasteiger partial charge in [0.25, 0.3) is 0 Å². The summed E-state index contributed by atoms with van der Waals surface area (Å²) >= 11 is 1.66. The number of benzene rings is 1. The first-order valence-corrected chi connectivity index (χ1v) is 11.5. The quantitative estimate of drug-likeness (QED) is 0.302. The van der Waals surface area contributed by atoms with E-state index in [-0.39, 0.29) is 22.2 Å². The molecule has 0 amide bonds. The number of nitrogens with one attached hydrogen (secondary N) is 3. The minimum atomic E-state index is -3.98. The van der Waals surface area contributed by atoms with E-state index in [0.29, 0.717) is 12.3 Å². The van der Waals surface area contributed by atoms with Crippen LogP contribution >= 0.6 is 11.8 Å². The summed E-state index contributed by atoms with van der Waals surface area (Å²) in [6, 6.07) is 8.18. The van der Waals surface area contributed by atoms with Gasteiger partial charge >= 0.3 is 0 Å². The maximum absolute atomic E-state index is 12.9. The molecular formula is C20H23N5O2S2. The predicted molar refractivity (Wildman–Crippen MR) is 115 cm³/mol. The first kappa shape index (κ1) is 22.4. The van der Waals surface area contributed by atoms with Crippen LogP contribution in [-0.4, -0.2) is 37.2 Å². The van der Waals surface area contributed by atoms with E-state index in [1.165, 1.54) is 12.1 Å². The minimum absolute atomic E-state index is 0.0607. The number of aromatic nitrogens is 2. The highest BCUT2D eigenvalue weighted by Crippen LogP contribution is 2.21. The predicted octanol–water partition coefficient (Wildman–Crippen LogP) is 2.24. The summed E-state index contributed by atoms with van der Waals surface area (Å²) in [5.41, 5.74) is 2.94. The summed E-state index contributed by atoms with van der Waals surface area (Å²) in [4.78, 5) is 6.91. The third-order valence-corrected chi connectivity index (χ3v) is 6.74. The monoisotopic (exact) mass is 429 g/mol. The number of hydrogen-bond donors (Lipinski definition) is 3. The van der Waals surface area contributed by atoms with E-state index in [0.717, 1.165) is 22.7 Å². The molecule has 0 unspecified atom stereocenters. The lowest BCUT2D eigenvalue weighted by atomic mass is 10.2. The van der Waals surface area contributed by atoms with Gasteiger partial charge in [0.15, 0.2) is 4.91 Å². The molecule has 7 nitrogen and oxygen atoms in total. The van der Waals surface area contributed by atoms with Crippen LogP contribution in [0.5, 0.6) is 0 Å². The van der Waals surface area contributed by atoms with Crippen molar-refractivity contribution >= 4 is 21.6 Å². The zero-order valence-electron chi connectivity index (χ0n) is 16.3. The number of H-pyrrole nitrogens is 1. The lowest BCUT2D eigenvalue weighted by Crippen LogP contribution is -2.31. The maximum atomic E-state index is 12.9. The van der Waals surface area contributed by atoms with Gasteiger partial charge in [-0.05, 0) is 26.0 Å². The fourth-order valence-corrected chi connectivity index (χ4v) is 4.56. The van der Waals surface area contributed by atoms with Crippen molar-refractivity contribution in [3.63, 3.8) is 0 Å². The smallest absolute Gasteiger partial charge is 0.220 e. The Bertz CT molecular complexity index is 1040. The van der Waals surface area contributed by atoms with Crippen LogP contribution in [0, 0.1) is 37.5 Å². The number of rotatable bonds is 10. The zero-order valence-corrected chi connectivity index (χ0v) is 18.0. The van der Waals surface area contributed by atoms with Crippen LogP contribution in [-0.2, 0) is 15.6 Å². The van der Waals surface area contributed by atoms with E-state index >= 15 is 0 Å². The van der Waals surface area contributed by atoms with E-state index in [9.17, 15) is 13.7 Å². The molecule has 0 aliphatic carbocycles. The number of nitrogens with zero attached hydrogens (tertiary/aromatic N) is 2.